The number of rotatable bonds is 4. The van der Waals surface area contributed by atoms with Gasteiger partial charge in [-0.15, -0.1) is 0 Å². The molecule has 0 aliphatic carbocycles. The van der Waals surface area contributed by atoms with Crippen molar-refractivity contribution >= 4 is 0 Å². The molecule has 0 aliphatic rings. The number of benzene rings is 1. The predicted molar refractivity (Wildman–Crippen MR) is 61.3 cm³/mol. The highest BCUT2D eigenvalue weighted by atomic mass is 16.5. The Bertz CT molecular complexity index is 323. The largest absolute Gasteiger partial charge is 0.497 e. The fourth-order valence-electron chi connectivity index (χ4n) is 1.46. The van der Waals surface area contributed by atoms with Crippen LogP contribution >= 0.6 is 0 Å². The van der Waals surface area contributed by atoms with Crippen molar-refractivity contribution in [1.82, 2.24) is 0 Å². The molecule has 3 nitrogen and oxygen atoms in total. The van der Waals surface area contributed by atoms with Crippen LogP contribution in [0, 0.1) is 5.92 Å². The minimum Gasteiger partial charge on any atom is -0.497 e. The number of hydrogen-bond acceptors (Lipinski definition) is 3. The van der Waals surface area contributed by atoms with E-state index in [0.29, 0.717) is 5.92 Å². The second kappa shape index (κ2) is 5.03. The van der Waals surface area contributed by atoms with Crippen molar-refractivity contribution < 1.29 is 9.47 Å². The molecule has 2 N–H and O–H groups in total. The van der Waals surface area contributed by atoms with Gasteiger partial charge >= 0.3 is 0 Å². The smallest absolute Gasteiger partial charge is 0.123 e. The van der Waals surface area contributed by atoms with Crippen molar-refractivity contribution in [3.05, 3.63) is 23.8 Å². The lowest BCUT2D eigenvalue weighted by atomic mass is 9.96. The van der Waals surface area contributed by atoms with Crippen LogP contribution in [0.5, 0.6) is 11.5 Å². The first-order chi connectivity index (χ1) is 7.10. The molecule has 0 radical (unpaired) electrons. The van der Waals surface area contributed by atoms with Crippen LogP contribution in [-0.2, 0) is 0 Å². The average molecular weight is 209 g/mol. The number of methoxy groups -OCH3 is 2. The summed E-state index contributed by atoms with van der Waals surface area (Å²) in [6, 6.07) is 5.66. The Hall–Kier alpha value is -1.22. The van der Waals surface area contributed by atoms with E-state index in [4.69, 9.17) is 15.2 Å². The Morgan fingerprint density at radius 3 is 2.27 bits per heavy atom. The topological polar surface area (TPSA) is 44.5 Å². The normalized spacial score (nSPS) is 12.7. The first kappa shape index (κ1) is 11.9. The lowest BCUT2D eigenvalue weighted by Gasteiger charge is -2.19. The molecule has 15 heavy (non-hydrogen) atoms. The van der Waals surface area contributed by atoms with Gasteiger partial charge in [-0.2, -0.15) is 0 Å². The quantitative estimate of drug-likeness (QED) is 0.828. The Morgan fingerprint density at radius 2 is 1.80 bits per heavy atom. The van der Waals surface area contributed by atoms with Crippen molar-refractivity contribution in [2.75, 3.05) is 14.2 Å². The Kier molecular flexibility index (Phi) is 3.97. The molecule has 0 spiro atoms. The van der Waals surface area contributed by atoms with E-state index >= 15 is 0 Å². The molecule has 0 aliphatic heterocycles. The highest BCUT2D eigenvalue weighted by molar-refractivity contribution is 5.42. The second-order valence-electron chi connectivity index (χ2n) is 3.88. The first-order valence-electron chi connectivity index (χ1n) is 5.07. The van der Waals surface area contributed by atoms with Crippen molar-refractivity contribution in [2.24, 2.45) is 11.7 Å². The van der Waals surface area contributed by atoms with Crippen LogP contribution < -0.4 is 15.2 Å². The van der Waals surface area contributed by atoms with Gasteiger partial charge in [0.2, 0.25) is 0 Å². The number of hydrogen-bond donors (Lipinski definition) is 1. The van der Waals surface area contributed by atoms with Crippen LogP contribution in [0.1, 0.15) is 25.5 Å². The molecular weight excluding hydrogens is 190 g/mol. The van der Waals surface area contributed by atoms with Gasteiger partial charge < -0.3 is 15.2 Å². The predicted octanol–water partition coefficient (Wildman–Crippen LogP) is 2.36. The van der Waals surface area contributed by atoms with E-state index in [1.165, 1.54) is 0 Å². The third-order valence-corrected chi connectivity index (χ3v) is 2.51. The molecule has 1 rings (SSSR count). The molecule has 1 aromatic rings. The van der Waals surface area contributed by atoms with Crippen molar-refractivity contribution in [2.45, 2.75) is 19.9 Å². The lowest BCUT2D eigenvalue weighted by molar-refractivity contribution is 0.387. The molecule has 1 aromatic carbocycles. The molecule has 84 valence electrons. The van der Waals surface area contributed by atoms with Crippen molar-refractivity contribution in [3.63, 3.8) is 0 Å². The minimum atomic E-state index is -0.0324. The summed E-state index contributed by atoms with van der Waals surface area (Å²) in [6.07, 6.45) is 0. The van der Waals surface area contributed by atoms with E-state index < -0.39 is 0 Å². The maximum atomic E-state index is 6.10. The highest BCUT2D eigenvalue weighted by Gasteiger charge is 2.16. The van der Waals surface area contributed by atoms with Crippen LogP contribution in [-0.4, -0.2) is 14.2 Å². The molecule has 0 heterocycles. The average Bonchev–Trinajstić information content (AvgIpc) is 2.27. The highest BCUT2D eigenvalue weighted by Crippen LogP contribution is 2.31. The van der Waals surface area contributed by atoms with Gasteiger partial charge in [-0.05, 0) is 24.1 Å². The zero-order valence-corrected chi connectivity index (χ0v) is 9.78. The third kappa shape index (κ3) is 2.63. The summed E-state index contributed by atoms with van der Waals surface area (Å²) in [5, 5.41) is 0. The summed E-state index contributed by atoms with van der Waals surface area (Å²) < 4.78 is 10.5. The fraction of sp³-hybridized carbons (Fsp3) is 0.500. The summed E-state index contributed by atoms with van der Waals surface area (Å²) in [7, 11) is 3.30. The van der Waals surface area contributed by atoms with E-state index in [1.807, 2.05) is 18.2 Å². The molecule has 0 saturated carbocycles. The molecule has 1 atom stereocenters. The van der Waals surface area contributed by atoms with E-state index in [2.05, 4.69) is 13.8 Å². The molecule has 0 fully saturated rings. The van der Waals surface area contributed by atoms with Gasteiger partial charge in [0.15, 0.2) is 0 Å². The zero-order valence-electron chi connectivity index (χ0n) is 9.78. The molecule has 0 amide bonds. The summed E-state index contributed by atoms with van der Waals surface area (Å²) >= 11 is 0. The van der Waals surface area contributed by atoms with E-state index in [-0.39, 0.29) is 6.04 Å². The Labute approximate surface area is 91.2 Å². The van der Waals surface area contributed by atoms with Crippen molar-refractivity contribution in [1.29, 1.82) is 0 Å². The Morgan fingerprint density at radius 1 is 1.13 bits per heavy atom. The van der Waals surface area contributed by atoms with Gasteiger partial charge in [0.05, 0.1) is 14.2 Å². The first-order valence-corrected chi connectivity index (χ1v) is 5.07. The van der Waals surface area contributed by atoms with Crippen LogP contribution in [0.15, 0.2) is 18.2 Å². The minimum absolute atomic E-state index is 0.0324. The van der Waals surface area contributed by atoms with Crippen LogP contribution in [0.25, 0.3) is 0 Å². The van der Waals surface area contributed by atoms with E-state index in [9.17, 15) is 0 Å². The summed E-state index contributed by atoms with van der Waals surface area (Å²) in [5.74, 6) is 1.99. The third-order valence-electron chi connectivity index (χ3n) is 2.51. The maximum Gasteiger partial charge on any atom is 0.123 e. The fourth-order valence-corrected chi connectivity index (χ4v) is 1.46. The van der Waals surface area contributed by atoms with Gasteiger partial charge in [0, 0.05) is 11.6 Å². The van der Waals surface area contributed by atoms with Crippen molar-refractivity contribution in [3.8, 4) is 11.5 Å². The molecule has 0 aromatic heterocycles. The molecule has 0 unspecified atom stereocenters. The molecule has 3 heteroatoms. The zero-order chi connectivity index (χ0) is 11.4. The van der Waals surface area contributed by atoms with Crippen LogP contribution in [0.3, 0.4) is 0 Å². The van der Waals surface area contributed by atoms with Gasteiger partial charge in [-0.3, -0.25) is 0 Å². The monoisotopic (exact) mass is 209 g/mol. The van der Waals surface area contributed by atoms with Crippen LogP contribution in [0.2, 0.25) is 0 Å². The number of ether oxygens (including phenoxy) is 2. The van der Waals surface area contributed by atoms with Gasteiger partial charge in [-0.25, -0.2) is 0 Å². The summed E-state index contributed by atoms with van der Waals surface area (Å²) in [4.78, 5) is 0. The van der Waals surface area contributed by atoms with Gasteiger partial charge in [-0.1, -0.05) is 13.8 Å². The summed E-state index contributed by atoms with van der Waals surface area (Å²) in [6.45, 7) is 4.17. The van der Waals surface area contributed by atoms with E-state index in [1.54, 1.807) is 14.2 Å². The maximum absolute atomic E-state index is 6.10. The Balaban J connectivity index is 3.11. The molecule has 0 saturated heterocycles. The van der Waals surface area contributed by atoms with E-state index in [0.717, 1.165) is 17.1 Å². The van der Waals surface area contributed by atoms with Crippen LogP contribution in [0.4, 0.5) is 0 Å². The standard InChI is InChI=1S/C12H19NO2/c1-8(2)12(13)10-7-9(14-3)5-6-11(10)15-4/h5-8,12H,13H2,1-4H3/t12-/m1/s1. The van der Waals surface area contributed by atoms with Gasteiger partial charge in [0.25, 0.3) is 0 Å². The SMILES string of the molecule is COc1ccc(OC)c([C@H](N)C(C)C)c1. The number of nitrogens with two attached hydrogens (primary N) is 1. The second-order valence-corrected chi connectivity index (χ2v) is 3.88. The lowest BCUT2D eigenvalue weighted by Crippen LogP contribution is -2.17. The van der Waals surface area contributed by atoms with Gasteiger partial charge in [0.1, 0.15) is 11.5 Å². The molecule has 0 bridgehead atoms. The summed E-state index contributed by atoms with van der Waals surface area (Å²) in [5.41, 5.74) is 7.09. The molecular formula is C12H19NO2.